The van der Waals surface area contributed by atoms with E-state index in [9.17, 15) is 0 Å². The van der Waals surface area contributed by atoms with Gasteiger partial charge < -0.3 is 0 Å². The van der Waals surface area contributed by atoms with Crippen molar-refractivity contribution in [3.63, 3.8) is 0 Å². The number of hydrogen-bond donors (Lipinski definition) is 0. The van der Waals surface area contributed by atoms with Crippen LogP contribution in [0.1, 0.15) is 5.56 Å². The molecular weight excluding hydrogens is 290 g/mol. The maximum absolute atomic E-state index is 9.06. The van der Waals surface area contributed by atoms with Gasteiger partial charge in [0.15, 0.2) is 0 Å². The lowest BCUT2D eigenvalue weighted by Crippen LogP contribution is -1.93. The first kappa shape index (κ1) is 14.4. The van der Waals surface area contributed by atoms with Gasteiger partial charge in [-0.3, -0.25) is 0 Å². The molecule has 0 unspecified atom stereocenters. The quantitative estimate of drug-likeness (QED) is 0.674. The van der Waals surface area contributed by atoms with Crippen molar-refractivity contribution in [2.75, 3.05) is 6.26 Å². The first-order chi connectivity index (χ1) is 10.8. The second-order valence-electron chi connectivity index (χ2n) is 4.85. The van der Waals surface area contributed by atoms with Gasteiger partial charge in [-0.15, -0.1) is 11.8 Å². The summed E-state index contributed by atoms with van der Waals surface area (Å²) in [5.74, 6) is 0. The first-order valence-electron chi connectivity index (χ1n) is 6.97. The number of thioether (sulfide) groups is 1. The van der Waals surface area contributed by atoms with E-state index < -0.39 is 0 Å². The van der Waals surface area contributed by atoms with Gasteiger partial charge in [-0.2, -0.15) is 10.4 Å². The Kier molecular flexibility index (Phi) is 4.27. The van der Waals surface area contributed by atoms with E-state index in [0.717, 1.165) is 22.5 Å². The van der Waals surface area contributed by atoms with Crippen LogP contribution >= 0.6 is 11.8 Å². The number of aromatic nitrogens is 2. The Hall–Kier alpha value is -2.51. The van der Waals surface area contributed by atoms with E-state index in [1.165, 1.54) is 4.90 Å². The summed E-state index contributed by atoms with van der Waals surface area (Å²) in [7, 11) is 0. The van der Waals surface area contributed by atoms with Crippen molar-refractivity contribution >= 4 is 11.8 Å². The molecule has 0 saturated carbocycles. The maximum Gasteiger partial charge on any atom is 0.0970 e. The smallest absolute Gasteiger partial charge is 0.0970 e. The monoisotopic (exact) mass is 305 g/mol. The van der Waals surface area contributed by atoms with E-state index in [0.29, 0.717) is 6.42 Å². The van der Waals surface area contributed by atoms with Crippen LogP contribution < -0.4 is 0 Å². The molecule has 0 fully saturated rings. The summed E-state index contributed by atoms with van der Waals surface area (Å²) in [6.45, 7) is 0. The zero-order valence-electron chi connectivity index (χ0n) is 12.2. The van der Waals surface area contributed by atoms with Crippen LogP contribution in [-0.2, 0) is 6.42 Å². The molecule has 1 aromatic heterocycles. The van der Waals surface area contributed by atoms with Crippen molar-refractivity contribution in [1.29, 1.82) is 5.26 Å². The summed E-state index contributed by atoms with van der Waals surface area (Å²) < 4.78 is 1.84. The van der Waals surface area contributed by atoms with Crippen molar-refractivity contribution in [2.45, 2.75) is 11.3 Å². The van der Waals surface area contributed by atoms with Crippen LogP contribution in [0.2, 0.25) is 0 Å². The van der Waals surface area contributed by atoms with Gasteiger partial charge >= 0.3 is 0 Å². The van der Waals surface area contributed by atoms with Crippen molar-refractivity contribution < 1.29 is 0 Å². The van der Waals surface area contributed by atoms with Crippen LogP contribution in [0.4, 0.5) is 0 Å². The van der Waals surface area contributed by atoms with E-state index in [1.807, 2.05) is 41.2 Å². The highest BCUT2D eigenvalue weighted by molar-refractivity contribution is 7.98. The standard InChI is InChI=1S/C18H15N3S/c1-22-17-9-7-14(8-10-17)18-15(11-12-19)13-21(20-18)16-5-3-2-4-6-16/h2-10,13H,11H2,1H3. The summed E-state index contributed by atoms with van der Waals surface area (Å²) in [4.78, 5) is 1.22. The predicted molar refractivity (Wildman–Crippen MR) is 90.1 cm³/mol. The highest BCUT2D eigenvalue weighted by atomic mass is 32.2. The number of nitrogens with zero attached hydrogens (tertiary/aromatic N) is 3. The number of nitriles is 1. The molecule has 4 heteroatoms. The molecule has 0 saturated heterocycles. The maximum atomic E-state index is 9.06. The summed E-state index contributed by atoms with van der Waals surface area (Å²) >= 11 is 1.71. The Labute approximate surface area is 134 Å². The van der Waals surface area contributed by atoms with E-state index in [4.69, 9.17) is 5.26 Å². The summed E-state index contributed by atoms with van der Waals surface area (Å²) in [6, 6.07) is 20.5. The third kappa shape index (κ3) is 2.90. The molecule has 0 aliphatic rings. The fourth-order valence-electron chi connectivity index (χ4n) is 2.33. The van der Waals surface area contributed by atoms with Crippen molar-refractivity contribution in [3.05, 3.63) is 66.4 Å². The Morgan fingerprint density at radius 1 is 1.09 bits per heavy atom. The molecule has 0 radical (unpaired) electrons. The fourth-order valence-corrected chi connectivity index (χ4v) is 2.74. The van der Waals surface area contributed by atoms with E-state index >= 15 is 0 Å². The molecule has 2 aromatic carbocycles. The number of rotatable bonds is 4. The molecule has 3 aromatic rings. The third-order valence-corrected chi connectivity index (χ3v) is 4.19. The van der Waals surface area contributed by atoms with Crippen molar-refractivity contribution in [2.24, 2.45) is 0 Å². The zero-order chi connectivity index (χ0) is 15.4. The van der Waals surface area contributed by atoms with Gasteiger partial charge in [-0.25, -0.2) is 4.68 Å². The normalized spacial score (nSPS) is 10.4. The van der Waals surface area contributed by atoms with Crippen LogP contribution in [0, 0.1) is 11.3 Å². The van der Waals surface area contributed by atoms with Crippen LogP contribution in [-0.4, -0.2) is 16.0 Å². The molecule has 0 bridgehead atoms. The topological polar surface area (TPSA) is 41.6 Å². The first-order valence-corrected chi connectivity index (χ1v) is 8.19. The number of benzene rings is 2. The Bertz CT molecular complexity index is 799. The molecule has 0 aliphatic heterocycles. The average Bonchev–Trinajstić information content (AvgIpc) is 3.00. The lowest BCUT2D eigenvalue weighted by atomic mass is 10.1. The Morgan fingerprint density at radius 3 is 2.45 bits per heavy atom. The fraction of sp³-hybridized carbons (Fsp3) is 0.111. The van der Waals surface area contributed by atoms with Gasteiger partial charge in [0.1, 0.15) is 0 Å². The van der Waals surface area contributed by atoms with Crippen molar-refractivity contribution in [1.82, 2.24) is 9.78 Å². The summed E-state index contributed by atoms with van der Waals surface area (Å²) in [5, 5.41) is 13.7. The molecule has 0 amide bonds. The van der Waals surface area contributed by atoms with Crippen LogP contribution in [0.15, 0.2) is 65.7 Å². The van der Waals surface area contributed by atoms with Crippen LogP contribution in [0.3, 0.4) is 0 Å². The Balaban J connectivity index is 2.05. The SMILES string of the molecule is CSc1ccc(-c2nn(-c3ccccc3)cc2CC#N)cc1. The summed E-state index contributed by atoms with van der Waals surface area (Å²) in [5.41, 5.74) is 3.85. The van der Waals surface area contributed by atoms with Gasteiger partial charge in [0.05, 0.1) is 23.9 Å². The van der Waals surface area contributed by atoms with Gasteiger partial charge in [0.2, 0.25) is 0 Å². The minimum atomic E-state index is 0.354. The Morgan fingerprint density at radius 2 is 1.82 bits per heavy atom. The summed E-state index contributed by atoms with van der Waals surface area (Å²) in [6.07, 6.45) is 4.35. The second kappa shape index (κ2) is 6.50. The molecular formula is C18H15N3S. The van der Waals surface area contributed by atoms with E-state index in [2.05, 4.69) is 41.7 Å². The highest BCUT2D eigenvalue weighted by Gasteiger charge is 2.12. The minimum Gasteiger partial charge on any atom is -0.240 e. The largest absolute Gasteiger partial charge is 0.240 e. The molecule has 0 aliphatic carbocycles. The third-order valence-electron chi connectivity index (χ3n) is 3.44. The van der Waals surface area contributed by atoms with Crippen molar-refractivity contribution in [3.8, 4) is 23.0 Å². The average molecular weight is 305 g/mol. The predicted octanol–water partition coefficient (Wildman–Crippen LogP) is 4.33. The van der Waals surface area contributed by atoms with Gasteiger partial charge in [-0.1, -0.05) is 30.3 Å². The molecule has 3 nitrogen and oxygen atoms in total. The number of para-hydroxylation sites is 1. The van der Waals surface area contributed by atoms with E-state index in [1.54, 1.807) is 11.8 Å². The molecule has 3 rings (SSSR count). The van der Waals surface area contributed by atoms with Crippen LogP contribution in [0.25, 0.3) is 16.9 Å². The molecule has 108 valence electrons. The molecule has 1 heterocycles. The highest BCUT2D eigenvalue weighted by Crippen LogP contribution is 2.26. The lowest BCUT2D eigenvalue weighted by molar-refractivity contribution is 0.883. The molecule has 0 spiro atoms. The lowest BCUT2D eigenvalue weighted by Gasteiger charge is -2.02. The second-order valence-corrected chi connectivity index (χ2v) is 5.73. The zero-order valence-corrected chi connectivity index (χ0v) is 13.0. The van der Waals surface area contributed by atoms with Crippen LogP contribution in [0.5, 0.6) is 0 Å². The van der Waals surface area contributed by atoms with Gasteiger partial charge in [0.25, 0.3) is 0 Å². The van der Waals surface area contributed by atoms with E-state index in [-0.39, 0.29) is 0 Å². The minimum absolute atomic E-state index is 0.354. The molecule has 22 heavy (non-hydrogen) atoms. The number of hydrogen-bond acceptors (Lipinski definition) is 3. The molecule has 0 N–H and O–H groups in total. The van der Waals surface area contributed by atoms with Gasteiger partial charge in [-0.05, 0) is 30.5 Å². The van der Waals surface area contributed by atoms with Gasteiger partial charge in [0, 0.05) is 22.2 Å². The molecule has 0 atom stereocenters.